The zero-order chi connectivity index (χ0) is 9.42. The highest BCUT2D eigenvalue weighted by Gasteiger charge is 2.06. The lowest BCUT2D eigenvalue weighted by Gasteiger charge is -2.01. The van der Waals surface area contributed by atoms with E-state index in [1.54, 1.807) is 18.4 Å². The number of aryl methyl sites for hydroxylation is 1. The number of halogens is 1. The Kier molecular flexibility index (Phi) is 2.18. The largest absolute Gasteiger partial charge is 0.495 e. The first kappa shape index (κ1) is 8.85. The van der Waals surface area contributed by atoms with E-state index in [9.17, 15) is 0 Å². The average molecular weight is 213 g/mol. The van der Waals surface area contributed by atoms with Crippen molar-refractivity contribution in [2.75, 3.05) is 7.11 Å². The quantitative estimate of drug-likeness (QED) is 0.697. The lowest BCUT2D eigenvalue weighted by Crippen LogP contribution is -1.81. The van der Waals surface area contributed by atoms with Crippen LogP contribution in [0.25, 0.3) is 10.1 Å². The summed E-state index contributed by atoms with van der Waals surface area (Å²) in [5, 5.41) is 1.88. The van der Waals surface area contributed by atoms with Gasteiger partial charge in [-0.05, 0) is 24.4 Å². The molecule has 2 rings (SSSR count). The van der Waals surface area contributed by atoms with E-state index in [1.807, 2.05) is 12.1 Å². The summed E-state index contributed by atoms with van der Waals surface area (Å²) in [6.45, 7) is 2.08. The Balaban J connectivity index is 2.80. The number of methoxy groups -OCH3 is 1. The van der Waals surface area contributed by atoms with Gasteiger partial charge in [-0.2, -0.15) is 0 Å². The van der Waals surface area contributed by atoms with Crippen molar-refractivity contribution in [3.05, 3.63) is 28.1 Å². The van der Waals surface area contributed by atoms with Crippen LogP contribution in [-0.4, -0.2) is 7.11 Å². The third kappa shape index (κ3) is 1.52. The lowest BCUT2D eigenvalue weighted by molar-refractivity contribution is 0.420. The highest BCUT2D eigenvalue weighted by molar-refractivity contribution is 7.19. The highest BCUT2D eigenvalue weighted by Crippen LogP contribution is 2.35. The third-order valence-electron chi connectivity index (χ3n) is 1.89. The van der Waals surface area contributed by atoms with Crippen LogP contribution in [0.4, 0.5) is 0 Å². The SMILES string of the molecule is COc1cc(Cl)cc2cc(C)sc12. The Labute approximate surface area is 85.9 Å². The molecule has 1 heterocycles. The van der Waals surface area contributed by atoms with Crippen molar-refractivity contribution in [3.63, 3.8) is 0 Å². The Morgan fingerprint density at radius 3 is 2.77 bits per heavy atom. The fourth-order valence-corrected chi connectivity index (χ4v) is 2.57. The minimum Gasteiger partial charge on any atom is -0.495 e. The van der Waals surface area contributed by atoms with Gasteiger partial charge in [0.15, 0.2) is 0 Å². The molecule has 1 nitrogen and oxygen atoms in total. The predicted octanol–water partition coefficient (Wildman–Crippen LogP) is 3.87. The Hall–Kier alpha value is -0.730. The van der Waals surface area contributed by atoms with Crippen LogP contribution in [0.1, 0.15) is 4.88 Å². The fourth-order valence-electron chi connectivity index (χ4n) is 1.37. The van der Waals surface area contributed by atoms with Crippen molar-refractivity contribution in [2.45, 2.75) is 6.92 Å². The Morgan fingerprint density at radius 2 is 2.08 bits per heavy atom. The summed E-state index contributed by atoms with van der Waals surface area (Å²) < 4.78 is 6.42. The van der Waals surface area contributed by atoms with Gasteiger partial charge in [-0.25, -0.2) is 0 Å². The van der Waals surface area contributed by atoms with Crippen LogP contribution >= 0.6 is 22.9 Å². The minimum absolute atomic E-state index is 0.724. The molecule has 0 unspecified atom stereocenters. The molecule has 0 aliphatic heterocycles. The van der Waals surface area contributed by atoms with E-state index in [1.165, 1.54) is 9.58 Å². The normalized spacial score (nSPS) is 10.7. The van der Waals surface area contributed by atoms with Gasteiger partial charge in [-0.1, -0.05) is 11.6 Å². The monoisotopic (exact) mass is 212 g/mol. The van der Waals surface area contributed by atoms with Gasteiger partial charge < -0.3 is 4.74 Å². The van der Waals surface area contributed by atoms with Crippen LogP contribution in [-0.2, 0) is 0 Å². The summed E-state index contributed by atoms with van der Waals surface area (Å²) in [5.41, 5.74) is 0. The third-order valence-corrected chi connectivity index (χ3v) is 3.19. The van der Waals surface area contributed by atoms with E-state index in [0.717, 1.165) is 16.2 Å². The molecule has 0 saturated carbocycles. The smallest absolute Gasteiger partial charge is 0.138 e. The van der Waals surface area contributed by atoms with E-state index in [4.69, 9.17) is 16.3 Å². The van der Waals surface area contributed by atoms with Crippen LogP contribution in [0.15, 0.2) is 18.2 Å². The van der Waals surface area contributed by atoms with Gasteiger partial charge in [-0.3, -0.25) is 0 Å². The summed E-state index contributed by atoms with van der Waals surface area (Å²) in [4.78, 5) is 1.27. The lowest BCUT2D eigenvalue weighted by atomic mass is 10.2. The van der Waals surface area contributed by atoms with Crippen LogP contribution in [0, 0.1) is 6.92 Å². The standard InChI is InChI=1S/C10H9ClOS/c1-6-3-7-4-8(11)5-9(12-2)10(7)13-6/h3-5H,1-2H3. The Bertz CT molecular complexity index is 447. The van der Waals surface area contributed by atoms with E-state index < -0.39 is 0 Å². The van der Waals surface area contributed by atoms with Crippen molar-refractivity contribution in [3.8, 4) is 5.75 Å². The molecule has 1 aromatic carbocycles. The second kappa shape index (κ2) is 3.20. The van der Waals surface area contributed by atoms with Gasteiger partial charge in [-0.15, -0.1) is 11.3 Å². The summed E-state index contributed by atoms with van der Waals surface area (Å²) in [5.74, 6) is 0.862. The molecule has 3 heteroatoms. The first-order chi connectivity index (χ1) is 6.20. The maximum absolute atomic E-state index is 5.94. The van der Waals surface area contributed by atoms with Crippen molar-refractivity contribution >= 4 is 33.0 Å². The maximum Gasteiger partial charge on any atom is 0.138 e. The first-order valence-electron chi connectivity index (χ1n) is 3.94. The molecule has 1 aromatic heterocycles. The molecule has 0 saturated heterocycles. The predicted molar refractivity (Wildman–Crippen MR) is 58.1 cm³/mol. The molecule has 2 aromatic rings. The maximum atomic E-state index is 5.94. The molecule has 0 N–H and O–H groups in total. The van der Waals surface area contributed by atoms with Crippen LogP contribution < -0.4 is 4.74 Å². The van der Waals surface area contributed by atoms with Gasteiger partial charge in [0.25, 0.3) is 0 Å². The summed E-state index contributed by atoms with van der Waals surface area (Å²) in [6.07, 6.45) is 0. The highest BCUT2D eigenvalue weighted by atomic mass is 35.5. The number of rotatable bonds is 1. The molecule has 13 heavy (non-hydrogen) atoms. The molecule has 0 aliphatic rings. The fraction of sp³-hybridized carbons (Fsp3) is 0.200. The number of fused-ring (bicyclic) bond motifs is 1. The van der Waals surface area contributed by atoms with Crippen LogP contribution in [0.2, 0.25) is 5.02 Å². The number of ether oxygens (including phenoxy) is 1. The van der Waals surface area contributed by atoms with E-state index in [-0.39, 0.29) is 0 Å². The minimum atomic E-state index is 0.724. The molecule has 0 fully saturated rings. The first-order valence-corrected chi connectivity index (χ1v) is 5.14. The van der Waals surface area contributed by atoms with Crippen molar-refractivity contribution in [2.24, 2.45) is 0 Å². The van der Waals surface area contributed by atoms with E-state index in [2.05, 4.69) is 13.0 Å². The zero-order valence-corrected chi connectivity index (χ0v) is 9.00. The van der Waals surface area contributed by atoms with E-state index >= 15 is 0 Å². The molecule has 0 atom stereocenters. The number of thiophene rings is 1. The number of benzene rings is 1. The molecule has 68 valence electrons. The van der Waals surface area contributed by atoms with Gasteiger partial charge in [0.05, 0.1) is 11.8 Å². The van der Waals surface area contributed by atoms with Gasteiger partial charge in [0.2, 0.25) is 0 Å². The molecular weight excluding hydrogens is 204 g/mol. The van der Waals surface area contributed by atoms with Crippen LogP contribution in [0.3, 0.4) is 0 Å². The van der Waals surface area contributed by atoms with Crippen molar-refractivity contribution < 1.29 is 4.74 Å². The molecular formula is C10H9ClOS. The van der Waals surface area contributed by atoms with Gasteiger partial charge in [0, 0.05) is 16.0 Å². The molecule has 0 amide bonds. The van der Waals surface area contributed by atoms with Crippen LogP contribution in [0.5, 0.6) is 5.75 Å². The topological polar surface area (TPSA) is 9.23 Å². The number of hydrogen-bond acceptors (Lipinski definition) is 2. The second-order valence-corrected chi connectivity index (χ2v) is 4.58. The molecule has 0 aliphatic carbocycles. The van der Waals surface area contributed by atoms with E-state index in [0.29, 0.717) is 0 Å². The Morgan fingerprint density at radius 1 is 1.31 bits per heavy atom. The molecule has 0 bridgehead atoms. The van der Waals surface area contributed by atoms with Crippen molar-refractivity contribution in [1.29, 1.82) is 0 Å². The summed E-state index contributed by atoms with van der Waals surface area (Å²) in [6, 6.07) is 5.93. The molecule has 0 radical (unpaired) electrons. The van der Waals surface area contributed by atoms with Gasteiger partial charge >= 0.3 is 0 Å². The summed E-state index contributed by atoms with van der Waals surface area (Å²) in [7, 11) is 1.67. The number of hydrogen-bond donors (Lipinski definition) is 0. The zero-order valence-electron chi connectivity index (χ0n) is 7.43. The second-order valence-electron chi connectivity index (χ2n) is 2.88. The van der Waals surface area contributed by atoms with Crippen molar-refractivity contribution in [1.82, 2.24) is 0 Å². The molecule has 0 spiro atoms. The average Bonchev–Trinajstić information content (AvgIpc) is 2.43. The van der Waals surface area contributed by atoms with Gasteiger partial charge in [0.1, 0.15) is 5.75 Å². The summed E-state index contributed by atoms with van der Waals surface area (Å²) >= 11 is 7.66.